The summed E-state index contributed by atoms with van der Waals surface area (Å²) in [6, 6.07) is 6.97. The molecule has 0 saturated heterocycles. The zero-order valence-electron chi connectivity index (χ0n) is 12.3. The van der Waals surface area contributed by atoms with Gasteiger partial charge >= 0.3 is 0 Å². The van der Waals surface area contributed by atoms with Crippen LogP contribution >= 0.6 is 0 Å². The topological polar surface area (TPSA) is 21.1 Å². The number of halogens is 1. The van der Waals surface area contributed by atoms with Crippen LogP contribution in [0.5, 0.6) is 0 Å². The van der Waals surface area contributed by atoms with Gasteiger partial charge in [-0.3, -0.25) is 0 Å². The van der Waals surface area contributed by atoms with Gasteiger partial charge in [0.25, 0.3) is 0 Å². The molecule has 3 rings (SSSR count). The monoisotopic (exact) mass is 285 g/mol. The predicted octanol–water partition coefficient (Wildman–Crippen LogP) is 3.89. The Labute approximate surface area is 124 Å². The molecule has 0 N–H and O–H groups in total. The van der Waals surface area contributed by atoms with Crippen LogP contribution in [0, 0.1) is 5.82 Å². The number of hydrogen-bond acceptors (Lipinski definition) is 2. The SMILES string of the molecule is C=C1C(CCC)n2cncc2CN1Cc1ccc(F)cc1. The Balaban J connectivity index is 1.83. The molecule has 2 aromatic rings. The molecule has 1 aliphatic rings. The maximum Gasteiger partial charge on any atom is 0.123 e. The van der Waals surface area contributed by atoms with Crippen LogP contribution in [0.15, 0.2) is 49.1 Å². The van der Waals surface area contributed by atoms with E-state index in [9.17, 15) is 4.39 Å². The summed E-state index contributed by atoms with van der Waals surface area (Å²) in [5, 5.41) is 0. The fraction of sp³-hybridized carbons (Fsp3) is 0.353. The fourth-order valence-corrected chi connectivity index (χ4v) is 2.95. The van der Waals surface area contributed by atoms with Crippen LogP contribution in [0.2, 0.25) is 0 Å². The molecule has 4 heteroatoms. The van der Waals surface area contributed by atoms with Gasteiger partial charge in [0.15, 0.2) is 0 Å². The number of rotatable bonds is 4. The van der Waals surface area contributed by atoms with Crippen LogP contribution in [0.4, 0.5) is 4.39 Å². The van der Waals surface area contributed by atoms with E-state index in [0.29, 0.717) is 0 Å². The molecule has 21 heavy (non-hydrogen) atoms. The van der Waals surface area contributed by atoms with Crippen LogP contribution < -0.4 is 0 Å². The van der Waals surface area contributed by atoms with Crippen molar-refractivity contribution in [2.24, 2.45) is 0 Å². The lowest BCUT2D eigenvalue weighted by molar-refractivity contribution is 0.238. The predicted molar refractivity (Wildman–Crippen MR) is 81.0 cm³/mol. The zero-order valence-corrected chi connectivity index (χ0v) is 12.3. The first-order chi connectivity index (χ1) is 10.2. The Kier molecular flexibility index (Phi) is 3.78. The van der Waals surface area contributed by atoms with Crippen molar-refractivity contribution in [3.05, 3.63) is 66.1 Å². The van der Waals surface area contributed by atoms with Crippen molar-refractivity contribution in [3.63, 3.8) is 0 Å². The highest BCUT2D eigenvalue weighted by molar-refractivity contribution is 5.21. The van der Waals surface area contributed by atoms with Crippen LogP contribution in [-0.4, -0.2) is 14.5 Å². The molecule has 1 aromatic heterocycles. The van der Waals surface area contributed by atoms with Crippen molar-refractivity contribution >= 4 is 0 Å². The molecular formula is C17H20FN3. The summed E-state index contributed by atoms with van der Waals surface area (Å²) in [6.45, 7) is 8.03. The van der Waals surface area contributed by atoms with Gasteiger partial charge in [-0.05, 0) is 24.1 Å². The van der Waals surface area contributed by atoms with Gasteiger partial charge < -0.3 is 9.47 Å². The molecule has 110 valence electrons. The Bertz CT molecular complexity index is 630. The van der Waals surface area contributed by atoms with Crippen molar-refractivity contribution in [1.29, 1.82) is 0 Å². The highest BCUT2D eigenvalue weighted by Crippen LogP contribution is 2.33. The molecule has 3 nitrogen and oxygen atoms in total. The van der Waals surface area contributed by atoms with Crippen LogP contribution in [0.25, 0.3) is 0 Å². The molecule has 0 fully saturated rings. The fourth-order valence-electron chi connectivity index (χ4n) is 2.95. The number of benzene rings is 1. The number of imidazole rings is 1. The minimum atomic E-state index is -0.196. The van der Waals surface area contributed by atoms with E-state index in [0.717, 1.165) is 37.2 Å². The van der Waals surface area contributed by atoms with E-state index in [1.54, 1.807) is 0 Å². The molecule has 0 amide bonds. The van der Waals surface area contributed by atoms with E-state index in [4.69, 9.17) is 0 Å². The lowest BCUT2D eigenvalue weighted by atomic mass is 10.0. The number of fused-ring (bicyclic) bond motifs is 1. The molecule has 0 aliphatic carbocycles. The molecule has 1 unspecified atom stereocenters. The van der Waals surface area contributed by atoms with E-state index >= 15 is 0 Å². The summed E-state index contributed by atoms with van der Waals surface area (Å²) in [7, 11) is 0. The van der Waals surface area contributed by atoms with Gasteiger partial charge in [0.2, 0.25) is 0 Å². The minimum Gasteiger partial charge on any atom is -0.363 e. The van der Waals surface area contributed by atoms with Crippen LogP contribution in [0.1, 0.15) is 37.1 Å². The normalized spacial score (nSPS) is 17.9. The smallest absolute Gasteiger partial charge is 0.123 e. The molecular weight excluding hydrogens is 265 g/mol. The summed E-state index contributed by atoms with van der Waals surface area (Å²) >= 11 is 0. The molecule has 2 heterocycles. The van der Waals surface area contributed by atoms with Crippen LogP contribution in [-0.2, 0) is 13.1 Å². The van der Waals surface area contributed by atoms with Crippen molar-refractivity contribution in [3.8, 4) is 0 Å². The largest absolute Gasteiger partial charge is 0.363 e. The number of hydrogen-bond donors (Lipinski definition) is 0. The van der Waals surface area contributed by atoms with E-state index in [1.165, 1.54) is 17.8 Å². The molecule has 1 atom stereocenters. The van der Waals surface area contributed by atoms with Gasteiger partial charge in [-0.2, -0.15) is 0 Å². The standard InChI is InChI=1S/C17H20FN3/c1-3-4-17-13(2)20(11-16-9-19-12-21(16)17)10-14-5-7-15(18)8-6-14/h5-9,12,17H,2-4,10-11H2,1H3. The Morgan fingerprint density at radius 1 is 1.33 bits per heavy atom. The third kappa shape index (κ3) is 2.71. The molecule has 0 spiro atoms. The molecule has 1 aromatic carbocycles. The van der Waals surface area contributed by atoms with Gasteiger partial charge in [0.05, 0.1) is 24.6 Å². The third-order valence-corrected chi connectivity index (χ3v) is 4.07. The summed E-state index contributed by atoms with van der Waals surface area (Å²) in [6.07, 6.45) is 5.98. The summed E-state index contributed by atoms with van der Waals surface area (Å²) < 4.78 is 15.2. The number of nitrogens with zero attached hydrogens (tertiary/aromatic N) is 3. The molecule has 0 saturated carbocycles. The van der Waals surface area contributed by atoms with Crippen molar-refractivity contribution in [2.75, 3.05) is 0 Å². The zero-order chi connectivity index (χ0) is 14.8. The Morgan fingerprint density at radius 3 is 2.81 bits per heavy atom. The highest BCUT2D eigenvalue weighted by Gasteiger charge is 2.27. The average molecular weight is 285 g/mol. The molecule has 1 aliphatic heterocycles. The first-order valence-electron chi connectivity index (χ1n) is 7.38. The van der Waals surface area contributed by atoms with Gasteiger partial charge in [0.1, 0.15) is 5.82 Å². The first-order valence-corrected chi connectivity index (χ1v) is 7.38. The summed E-state index contributed by atoms with van der Waals surface area (Å²) in [4.78, 5) is 6.54. The summed E-state index contributed by atoms with van der Waals surface area (Å²) in [5.41, 5.74) is 3.43. The Hall–Kier alpha value is -2.10. The van der Waals surface area contributed by atoms with E-state index in [-0.39, 0.29) is 11.9 Å². The van der Waals surface area contributed by atoms with Crippen molar-refractivity contribution < 1.29 is 4.39 Å². The first kappa shape index (κ1) is 13.9. The quantitative estimate of drug-likeness (QED) is 0.849. The average Bonchev–Trinajstić information content (AvgIpc) is 2.94. The maximum atomic E-state index is 13.0. The minimum absolute atomic E-state index is 0.196. The lowest BCUT2D eigenvalue weighted by Gasteiger charge is -2.38. The third-order valence-electron chi connectivity index (χ3n) is 4.07. The van der Waals surface area contributed by atoms with E-state index in [1.807, 2.05) is 24.7 Å². The summed E-state index contributed by atoms with van der Waals surface area (Å²) in [5.74, 6) is -0.196. The second kappa shape index (κ2) is 5.72. The van der Waals surface area contributed by atoms with Gasteiger partial charge in [0, 0.05) is 18.4 Å². The van der Waals surface area contributed by atoms with Crippen molar-refractivity contribution in [2.45, 2.75) is 38.9 Å². The lowest BCUT2D eigenvalue weighted by Crippen LogP contribution is -2.34. The van der Waals surface area contributed by atoms with Crippen molar-refractivity contribution in [1.82, 2.24) is 14.5 Å². The maximum absolute atomic E-state index is 13.0. The Morgan fingerprint density at radius 2 is 2.10 bits per heavy atom. The number of aromatic nitrogens is 2. The van der Waals surface area contributed by atoms with Gasteiger partial charge in [-0.25, -0.2) is 9.37 Å². The molecule has 0 bridgehead atoms. The second-order valence-corrected chi connectivity index (χ2v) is 5.57. The molecule has 0 radical (unpaired) electrons. The highest BCUT2D eigenvalue weighted by atomic mass is 19.1. The number of allylic oxidation sites excluding steroid dienone is 1. The van der Waals surface area contributed by atoms with Gasteiger partial charge in [-0.15, -0.1) is 0 Å². The second-order valence-electron chi connectivity index (χ2n) is 5.57. The van der Waals surface area contributed by atoms with E-state index in [2.05, 4.69) is 28.0 Å². The van der Waals surface area contributed by atoms with Gasteiger partial charge in [-0.1, -0.05) is 32.1 Å². The van der Waals surface area contributed by atoms with E-state index < -0.39 is 0 Å². The van der Waals surface area contributed by atoms with Crippen LogP contribution in [0.3, 0.4) is 0 Å².